The van der Waals surface area contributed by atoms with E-state index in [9.17, 15) is 9.59 Å². The molecule has 25 heavy (non-hydrogen) atoms. The first-order chi connectivity index (χ1) is 12.1. The van der Waals surface area contributed by atoms with E-state index >= 15 is 0 Å². The molecule has 0 bridgehead atoms. The van der Waals surface area contributed by atoms with E-state index in [4.69, 9.17) is 11.6 Å². The molecule has 1 saturated heterocycles. The summed E-state index contributed by atoms with van der Waals surface area (Å²) in [6.07, 6.45) is 0.333. The highest BCUT2D eigenvalue weighted by atomic mass is 35.5. The summed E-state index contributed by atoms with van der Waals surface area (Å²) in [5, 5.41) is 3.80. The number of thioether (sulfide) groups is 1. The van der Waals surface area contributed by atoms with Crippen molar-refractivity contribution in [2.45, 2.75) is 26.3 Å². The quantitative estimate of drug-likeness (QED) is 0.710. The number of nitrogens with zero attached hydrogens (tertiary/aromatic N) is 2. The lowest BCUT2D eigenvalue weighted by atomic mass is 10.0. The molecule has 2 amide bonds. The minimum absolute atomic E-state index is 0.0334. The summed E-state index contributed by atoms with van der Waals surface area (Å²) in [6.45, 7) is 7.69. The molecule has 0 spiro atoms. The molecule has 1 aliphatic rings. The van der Waals surface area contributed by atoms with Crippen LogP contribution in [0, 0.1) is 0 Å². The lowest BCUT2D eigenvalue weighted by Crippen LogP contribution is -2.39. The normalized spacial score (nSPS) is 15.7. The summed E-state index contributed by atoms with van der Waals surface area (Å²) in [7, 11) is 0. The summed E-state index contributed by atoms with van der Waals surface area (Å²) in [6, 6.07) is 7.81. The fourth-order valence-corrected chi connectivity index (χ4v) is 4.12. The van der Waals surface area contributed by atoms with Gasteiger partial charge in [-0.3, -0.25) is 14.5 Å². The van der Waals surface area contributed by atoms with Gasteiger partial charge < -0.3 is 10.2 Å². The van der Waals surface area contributed by atoms with Crippen LogP contribution >= 0.6 is 23.4 Å². The highest BCUT2D eigenvalue weighted by Crippen LogP contribution is 2.27. The number of carbonyl (C=O) groups excluding carboxylic acids is 2. The minimum atomic E-state index is -0.0334. The van der Waals surface area contributed by atoms with Crippen molar-refractivity contribution in [3.05, 3.63) is 34.9 Å². The topological polar surface area (TPSA) is 52.7 Å². The van der Waals surface area contributed by atoms with Crippen molar-refractivity contribution in [2.24, 2.45) is 0 Å². The molecule has 138 valence electrons. The number of likely N-dealkylation sites (N-methyl/N-ethyl adjacent to an activating group) is 1. The number of halogens is 1. The van der Waals surface area contributed by atoms with Crippen LogP contribution in [0.1, 0.15) is 31.9 Å². The molecular formula is C18H26ClN3O2S. The van der Waals surface area contributed by atoms with Crippen LogP contribution in [-0.4, -0.2) is 59.4 Å². The Hall–Kier alpha value is -1.24. The number of rotatable bonds is 9. The number of hydrogen-bond donors (Lipinski definition) is 1. The number of hydrogen-bond acceptors (Lipinski definition) is 4. The third-order valence-electron chi connectivity index (χ3n) is 4.46. The van der Waals surface area contributed by atoms with Gasteiger partial charge in [-0.1, -0.05) is 55.4 Å². The van der Waals surface area contributed by atoms with Crippen molar-refractivity contribution < 1.29 is 9.59 Å². The zero-order valence-corrected chi connectivity index (χ0v) is 16.4. The molecule has 5 nitrogen and oxygen atoms in total. The molecule has 2 rings (SSSR count). The lowest BCUT2D eigenvalue weighted by Gasteiger charge is -2.31. The molecule has 0 aromatic heterocycles. The van der Waals surface area contributed by atoms with E-state index in [0.717, 1.165) is 31.0 Å². The zero-order chi connectivity index (χ0) is 18.2. The SMILES string of the molecule is CCN(CC)[C@H](CNC(=O)CCN1CCSC1=O)c1ccccc1Cl. The summed E-state index contributed by atoms with van der Waals surface area (Å²) in [5.41, 5.74) is 1.03. The van der Waals surface area contributed by atoms with E-state index in [0.29, 0.717) is 24.5 Å². The van der Waals surface area contributed by atoms with Crippen LogP contribution in [0.4, 0.5) is 4.79 Å². The monoisotopic (exact) mass is 383 g/mol. The minimum Gasteiger partial charge on any atom is -0.354 e. The van der Waals surface area contributed by atoms with E-state index in [2.05, 4.69) is 24.1 Å². The molecule has 0 aliphatic carbocycles. The standard InChI is InChI=1S/C18H26ClN3O2S/c1-3-21(4-2)16(14-7-5-6-8-15(14)19)13-20-17(23)9-10-22-11-12-25-18(22)24/h5-8,16H,3-4,9-13H2,1-2H3,(H,20,23)/t16-/m1/s1. The second-order valence-electron chi connectivity index (χ2n) is 5.91. The smallest absolute Gasteiger partial charge is 0.281 e. The maximum atomic E-state index is 12.2. The number of nitrogens with one attached hydrogen (secondary N) is 1. The summed E-state index contributed by atoms with van der Waals surface area (Å²) in [4.78, 5) is 27.8. The fourth-order valence-electron chi connectivity index (χ4n) is 3.01. The van der Waals surface area contributed by atoms with Crippen molar-refractivity contribution in [2.75, 3.05) is 38.5 Å². The van der Waals surface area contributed by atoms with Gasteiger partial charge in [-0.2, -0.15) is 0 Å². The van der Waals surface area contributed by atoms with Crippen LogP contribution in [-0.2, 0) is 4.79 Å². The van der Waals surface area contributed by atoms with Gasteiger partial charge in [-0.25, -0.2) is 0 Å². The highest BCUT2D eigenvalue weighted by molar-refractivity contribution is 8.13. The predicted octanol–water partition coefficient (Wildman–Crippen LogP) is 3.40. The molecule has 1 fully saturated rings. The van der Waals surface area contributed by atoms with Crippen LogP contribution in [0.5, 0.6) is 0 Å². The average Bonchev–Trinajstić information content (AvgIpc) is 3.02. The average molecular weight is 384 g/mol. The first kappa shape index (κ1) is 20.1. The molecule has 1 aliphatic heterocycles. The van der Waals surface area contributed by atoms with E-state index in [-0.39, 0.29) is 17.2 Å². The molecular weight excluding hydrogens is 358 g/mol. The predicted molar refractivity (Wildman–Crippen MR) is 104 cm³/mol. The molecule has 1 aromatic carbocycles. The molecule has 1 N–H and O–H groups in total. The van der Waals surface area contributed by atoms with Gasteiger partial charge in [-0.05, 0) is 24.7 Å². The van der Waals surface area contributed by atoms with Crippen LogP contribution in [0.3, 0.4) is 0 Å². The van der Waals surface area contributed by atoms with Crippen molar-refractivity contribution in [1.29, 1.82) is 0 Å². The van der Waals surface area contributed by atoms with Gasteiger partial charge in [-0.15, -0.1) is 0 Å². The Labute approximate surface area is 159 Å². The van der Waals surface area contributed by atoms with E-state index in [1.165, 1.54) is 11.8 Å². The third-order valence-corrected chi connectivity index (χ3v) is 5.70. The third kappa shape index (κ3) is 5.62. The Kier molecular flexibility index (Phi) is 8.06. The second-order valence-corrected chi connectivity index (χ2v) is 7.37. The van der Waals surface area contributed by atoms with Gasteiger partial charge >= 0.3 is 0 Å². The van der Waals surface area contributed by atoms with Gasteiger partial charge in [0, 0.05) is 36.8 Å². The largest absolute Gasteiger partial charge is 0.354 e. The lowest BCUT2D eigenvalue weighted by molar-refractivity contribution is -0.121. The van der Waals surface area contributed by atoms with Crippen molar-refractivity contribution >= 4 is 34.5 Å². The first-order valence-electron chi connectivity index (χ1n) is 8.73. The second kappa shape index (κ2) is 10.0. The molecule has 1 atom stereocenters. The molecule has 0 radical (unpaired) electrons. The molecule has 0 unspecified atom stereocenters. The zero-order valence-electron chi connectivity index (χ0n) is 14.8. The fraction of sp³-hybridized carbons (Fsp3) is 0.556. The van der Waals surface area contributed by atoms with E-state index < -0.39 is 0 Å². The maximum absolute atomic E-state index is 12.2. The number of benzene rings is 1. The van der Waals surface area contributed by atoms with Crippen LogP contribution < -0.4 is 5.32 Å². The van der Waals surface area contributed by atoms with E-state index in [1.54, 1.807) is 4.90 Å². The first-order valence-corrected chi connectivity index (χ1v) is 10.1. The van der Waals surface area contributed by atoms with Gasteiger partial charge in [0.05, 0.1) is 6.04 Å². The van der Waals surface area contributed by atoms with Crippen molar-refractivity contribution in [1.82, 2.24) is 15.1 Å². The Bertz CT molecular complexity index is 595. The Morgan fingerprint density at radius 2 is 2.08 bits per heavy atom. The summed E-state index contributed by atoms with van der Waals surface area (Å²) >= 11 is 7.69. The molecule has 1 heterocycles. The van der Waals surface area contributed by atoms with Crippen LogP contribution in [0.15, 0.2) is 24.3 Å². The van der Waals surface area contributed by atoms with Crippen molar-refractivity contribution in [3.8, 4) is 0 Å². The Balaban J connectivity index is 1.94. The van der Waals surface area contributed by atoms with Gasteiger partial charge in [0.1, 0.15) is 0 Å². The van der Waals surface area contributed by atoms with E-state index in [1.807, 2.05) is 24.3 Å². The molecule has 7 heteroatoms. The Morgan fingerprint density at radius 1 is 1.36 bits per heavy atom. The van der Waals surface area contributed by atoms with Gasteiger partial charge in [0.2, 0.25) is 5.91 Å². The molecule has 0 saturated carbocycles. The van der Waals surface area contributed by atoms with Gasteiger partial charge in [0.25, 0.3) is 5.24 Å². The van der Waals surface area contributed by atoms with Crippen LogP contribution in [0.2, 0.25) is 5.02 Å². The van der Waals surface area contributed by atoms with Crippen LogP contribution in [0.25, 0.3) is 0 Å². The summed E-state index contributed by atoms with van der Waals surface area (Å²) < 4.78 is 0. The molecule has 1 aromatic rings. The summed E-state index contributed by atoms with van der Waals surface area (Å²) in [5.74, 6) is 0.783. The van der Waals surface area contributed by atoms with Crippen molar-refractivity contribution in [3.63, 3.8) is 0 Å². The highest BCUT2D eigenvalue weighted by Gasteiger charge is 2.23. The number of amides is 2. The number of carbonyl (C=O) groups is 2. The Morgan fingerprint density at radius 3 is 2.68 bits per heavy atom. The van der Waals surface area contributed by atoms with Gasteiger partial charge in [0.15, 0.2) is 0 Å². The maximum Gasteiger partial charge on any atom is 0.281 e.